The Morgan fingerprint density at radius 1 is 1.23 bits per heavy atom. The zero-order chi connectivity index (χ0) is 16.5. The average Bonchev–Trinajstić information content (AvgIpc) is 2.44. The number of ether oxygens (including phenoxy) is 1. The highest BCUT2D eigenvalue weighted by Crippen LogP contribution is 2.18. The Balaban J connectivity index is 2.43. The molecule has 0 spiro atoms. The quantitative estimate of drug-likeness (QED) is 0.808. The number of benzene rings is 1. The van der Waals surface area contributed by atoms with Crippen molar-refractivity contribution in [2.75, 3.05) is 7.11 Å². The monoisotopic (exact) mass is 324 g/mol. The number of rotatable bonds is 4. The zero-order valence-electron chi connectivity index (χ0n) is 12.3. The van der Waals surface area contributed by atoms with Crippen LogP contribution in [0.25, 0.3) is 10.9 Å². The van der Waals surface area contributed by atoms with E-state index in [0.29, 0.717) is 10.9 Å². The summed E-state index contributed by atoms with van der Waals surface area (Å²) in [5, 5.41) is 0.568. The van der Waals surface area contributed by atoms with Crippen molar-refractivity contribution in [2.45, 2.75) is 24.3 Å². The molecule has 7 nitrogen and oxygen atoms in total. The maximum absolute atomic E-state index is 12.4. The molecule has 0 fully saturated rings. The van der Waals surface area contributed by atoms with Crippen LogP contribution in [0.5, 0.6) is 0 Å². The normalized spacial score (nSPS) is 12.3. The summed E-state index contributed by atoms with van der Waals surface area (Å²) in [7, 11) is -2.73. The lowest BCUT2D eigenvalue weighted by Crippen LogP contribution is -2.50. The lowest BCUT2D eigenvalue weighted by molar-refractivity contribution is -0.146. The fraction of sp³-hybridized carbons (Fsp3) is 0.286. The first-order chi connectivity index (χ1) is 10.2. The van der Waals surface area contributed by atoms with E-state index in [-0.39, 0.29) is 10.5 Å². The molecule has 0 saturated heterocycles. The topological polar surface area (TPSA) is 105 Å². The Morgan fingerprint density at radius 2 is 1.91 bits per heavy atom. The molecule has 118 valence electrons. The molecule has 0 bridgehead atoms. The number of fused-ring (bicyclic) bond motifs is 1. The minimum atomic E-state index is -3.92. The zero-order valence-corrected chi connectivity index (χ0v) is 13.2. The van der Waals surface area contributed by atoms with E-state index in [1.165, 1.54) is 51.3 Å². The molecule has 0 saturated carbocycles. The summed E-state index contributed by atoms with van der Waals surface area (Å²) in [6, 6.07) is 7.11. The molecule has 0 atom stereocenters. The van der Waals surface area contributed by atoms with Crippen LogP contribution in [-0.2, 0) is 19.6 Å². The van der Waals surface area contributed by atoms with E-state index in [1.807, 2.05) is 0 Å². The van der Waals surface area contributed by atoms with Gasteiger partial charge in [-0.15, -0.1) is 0 Å². The fourth-order valence-electron chi connectivity index (χ4n) is 1.99. The van der Waals surface area contributed by atoms with E-state index >= 15 is 0 Å². The Kier molecular flexibility index (Phi) is 4.08. The van der Waals surface area contributed by atoms with Gasteiger partial charge in [0, 0.05) is 11.6 Å². The van der Waals surface area contributed by atoms with E-state index in [2.05, 4.69) is 14.4 Å². The number of sulfonamides is 1. The minimum Gasteiger partial charge on any atom is -0.468 e. The Labute approximate surface area is 127 Å². The van der Waals surface area contributed by atoms with Crippen LogP contribution in [-0.4, -0.2) is 32.0 Å². The maximum Gasteiger partial charge on any atom is 0.326 e. The van der Waals surface area contributed by atoms with E-state index in [4.69, 9.17) is 0 Å². The molecule has 0 radical (unpaired) electrons. The number of H-pyrrole nitrogens is 1. The van der Waals surface area contributed by atoms with Gasteiger partial charge in [0.25, 0.3) is 0 Å². The van der Waals surface area contributed by atoms with Gasteiger partial charge in [-0.05, 0) is 43.5 Å². The van der Waals surface area contributed by atoms with Crippen LogP contribution >= 0.6 is 0 Å². The molecule has 2 rings (SSSR count). The van der Waals surface area contributed by atoms with Crippen LogP contribution in [0.4, 0.5) is 0 Å². The lowest BCUT2D eigenvalue weighted by Gasteiger charge is -2.22. The number of pyridine rings is 1. The summed E-state index contributed by atoms with van der Waals surface area (Å²) in [5.41, 5.74) is -1.14. The molecule has 2 N–H and O–H groups in total. The van der Waals surface area contributed by atoms with Crippen LogP contribution in [0.1, 0.15) is 13.8 Å². The van der Waals surface area contributed by atoms with Crippen molar-refractivity contribution in [3.8, 4) is 0 Å². The predicted molar refractivity (Wildman–Crippen MR) is 81.0 cm³/mol. The summed E-state index contributed by atoms with van der Waals surface area (Å²) in [6.45, 7) is 2.82. The Bertz CT molecular complexity index is 883. The largest absolute Gasteiger partial charge is 0.468 e. The van der Waals surface area contributed by atoms with Crippen LogP contribution in [0.3, 0.4) is 0 Å². The number of hydrogen-bond donors (Lipinski definition) is 2. The lowest BCUT2D eigenvalue weighted by atomic mass is 10.1. The third-order valence-electron chi connectivity index (χ3n) is 3.09. The number of nitrogens with one attached hydrogen (secondary N) is 2. The second kappa shape index (κ2) is 5.54. The molecule has 1 heterocycles. The number of methoxy groups -OCH3 is 1. The van der Waals surface area contributed by atoms with Gasteiger partial charge in [-0.1, -0.05) is 0 Å². The van der Waals surface area contributed by atoms with Gasteiger partial charge in [-0.2, -0.15) is 4.72 Å². The van der Waals surface area contributed by atoms with Gasteiger partial charge in [-0.3, -0.25) is 9.59 Å². The summed E-state index contributed by atoms with van der Waals surface area (Å²) < 4.78 is 31.7. The number of carbonyl (C=O) groups is 1. The third kappa shape index (κ3) is 3.18. The predicted octanol–water partition coefficient (Wildman–Crippen LogP) is 0.758. The first kappa shape index (κ1) is 16.2. The first-order valence-corrected chi connectivity index (χ1v) is 7.89. The van der Waals surface area contributed by atoms with Crippen LogP contribution in [0, 0.1) is 0 Å². The van der Waals surface area contributed by atoms with Crippen LogP contribution in [0.15, 0.2) is 40.0 Å². The Hall–Kier alpha value is -2.19. The average molecular weight is 324 g/mol. The molecule has 22 heavy (non-hydrogen) atoms. The van der Waals surface area contributed by atoms with Gasteiger partial charge in [0.2, 0.25) is 15.6 Å². The van der Waals surface area contributed by atoms with Crippen LogP contribution in [0.2, 0.25) is 0 Å². The molecule has 0 aliphatic rings. The molecule has 8 heteroatoms. The van der Waals surface area contributed by atoms with Crippen molar-refractivity contribution >= 4 is 26.9 Å². The summed E-state index contributed by atoms with van der Waals surface area (Å²) in [6.07, 6.45) is 0. The summed E-state index contributed by atoms with van der Waals surface area (Å²) >= 11 is 0. The molecular weight excluding hydrogens is 308 g/mol. The highest BCUT2D eigenvalue weighted by Gasteiger charge is 2.34. The van der Waals surface area contributed by atoms with Gasteiger partial charge in [-0.25, -0.2) is 8.42 Å². The second-order valence-corrected chi connectivity index (χ2v) is 6.98. The van der Waals surface area contributed by atoms with E-state index in [9.17, 15) is 18.0 Å². The third-order valence-corrected chi connectivity index (χ3v) is 4.74. The number of aromatic amines is 1. The van der Waals surface area contributed by atoms with Gasteiger partial charge >= 0.3 is 5.97 Å². The standard InChI is InChI=1S/C14H16N2O5S/c1-14(2,13(18)21-3)16-22(19,20)10-5-6-11-9(8-10)4-7-12(17)15-11/h4-8,16H,1-3H3,(H,15,17). The highest BCUT2D eigenvalue weighted by atomic mass is 32.2. The minimum absolute atomic E-state index is 0.0102. The van der Waals surface area contributed by atoms with Crippen molar-refractivity contribution < 1.29 is 17.9 Å². The van der Waals surface area contributed by atoms with Crippen molar-refractivity contribution in [2.24, 2.45) is 0 Å². The van der Waals surface area contributed by atoms with Gasteiger partial charge in [0.05, 0.1) is 12.0 Å². The van der Waals surface area contributed by atoms with E-state index in [0.717, 1.165) is 0 Å². The summed E-state index contributed by atoms with van der Waals surface area (Å²) in [4.78, 5) is 25.4. The highest BCUT2D eigenvalue weighted by molar-refractivity contribution is 7.89. The van der Waals surface area contributed by atoms with Gasteiger partial charge < -0.3 is 9.72 Å². The first-order valence-electron chi connectivity index (χ1n) is 6.41. The SMILES string of the molecule is COC(=O)C(C)(C)NS(=O)(=O)c1ccc2[nH]c(=O)ccc2c1. The smallest absolute Gasteiger partial charge is 0.326 e. The number of hydrogen-bond acceptors (Lipinski definition) is 5. The fourth-order valence-corrected chi connectivity index (χ4v) is 3.39. The second-order valence-electron chi connectivity index (χ2n) is 5.29. The van der Waals surface area contributed by atoms with E-state index < -0.39 is 21.5 Å². The van der Waals surface area contributed by atoms with E-state index in [1.54, 1.807) is 0 Å². The number of carbonyl (C=O) groups excluding carboxylic acids is 1. The van der Waals surface area contributed by atoms with Crippen LogP contribution < -0.4 is 10.3 Å². The van der Waals surface area contributed by atoms with Crippen molar-refractivity contribution in [3.63, 3.8) is 0 Å². The van der Waals surface area contributed by atoms with Crippen molar-refractivity contribution in [1.82, 2.24) is 9.71 Å². The Morgan fingerprint density at radius 3 is 2.55 bits per heavy atom. The van der Waals surface area contributed by atoms with Crippen molar-refractivity contribution in [1.29, 1.82) is 0 Å². The van der Waals surface area contributed by atoms with Gasteiger partial charge in [0.1, 0.15) is 5.54 Å². The maximum atomic E-state index is 12.4. The molecule has 1 aromatic carbocycles. The molecule has 0 amide bonds. The number of esters is 1. The molecule has 1 aromatic heterocycles. The molecule has 0 unspecified atom stereocenters. The molecule has 2 aromatic rings. The number of aromatic nitrogens is 1. The molecular formula is C14H16N2O5S. The van der Waals surface area contributed by atoms with Crippen molar-refractivity contribution in [3.05, 3.63) is 40.7 Å². The molecule has 0 aliphatic heterocycles. The molecule has 0 aliphatic carbocycles. The summed E-state index contributed by atoms with van der Waals surface area (Å²) in [5.74, 6) is -0.693. The van der Waals surface area contributed by atoms with Gasteiger partial charge in [0.15, 0.2) is 0 Å².